The number of phenolic OH excluding ortho intramolecular Hbond substituents is 1. The van der Waals surface area contributed by atoms with Crippen LogP contribution in [0.25, 0.3) is 60.8 Å². The van der Waals surface area contributed by atoms with Crippen molar-refractivity contribution in [1.82, 2.24) is 14.5 Å². The van der Waals surface area contributed by atoms with Gasteiger partial charge in [0.2, 0.25) is 5.88 Å². The summed E-state index contributed by atoms with van der Waals surface area (Å²) in [6.07, 6.45) is 1.77. The SMILES string of the molecule is Oc1ccccc1-n1c2ccccc2c2ccc(-c3cccc(Oc4cc(-c5ccc6ccccc6c5)ccn4)c3)nc21. The highest BCUT2D eigenvalue weighted by atomic mass is 16.5. The lowest BCUT2D eigenvalue weighted by Gasteiger charge is -2.11. The molecule has 0 spiro atoms. The molecule has 8 rings (SSSR count). The zero-order valence-corrected chi connectivity index (χ0v) is 23.1. The standard InChI is InChI=1S/C38H25N3O2/c42-36-15-6-5-14-35(36)41-34-13-4-3-12-31(34)32-18-19-33(40-38(32)41)29-10-7-11-30(23-29)43-37-24-28(20-21-39-37)27-17-16-25-8-1-2-9-26(25)22-27/h1-24,42H. The third-order valence-corrected chi connectivity index (χ3v) is 7.81. The third-order valence-electron chi connectivity index (χ3n) is 7.81. The molecule has 5 aromatic carbocycles. The van der Waals surface area contributed by atoms with Crippen molar-refractivity contribution in [2.75, 3.05) is 0 Å². The Morgan fingerprint density at radius 1 is 0.581 bits per heavy atom. The van der Waals surface area contributed by atoms with Crippen molar-refractivity contribution >= 4 is 32.7 Å². The molecule has 204 valence electrons. The van der Waals surface area contributed by atoms with E-state index in [1.54, 1.807) is 12.3 Å². The average Bonchev–Trinajstić information content (AvgIpc) is 3.38. The number of pyridine rings is 2. The van der Waals surface area contributed by atoms with Gasteiger partial charge in [-0.05, 0) is 76.5 Å². The molecule has 8 aromatic rings. The summed E-state index contributed by atoms with van der Waals surface area (Å²) < 4.78 is 8.28. The van der Waals surface area contributed by atoms with Crippen molar-refractivity contribution in [1.29, 1.82) is 0 Å². The number of aromatic hydroxyl groups is 1. The number of para-hydroxylation sites is 3. The van der Waals surface area contributed by atoms with E-state index >= 15 is 0 Å². The van der Waals surface area contributed by atoms with E-state index < -0.39 is 0 Å². The summed E-state index contributed by atoms with van der Waals surface area (Å²) in [5, 5.41) is 15.2. The second-order valence-electron chi connectivity index (χ2n) is 10.5. The van der Waals surface area contributed by atoms with Crippen LogP contribution in [0.2, 0.25) is 0 Å². The lowest BCUT2D eigenvalue weighted by molar-refractivity contribution is 0.463. The van der Waals surface area contributed by atoms with Gasteiger partial charge in [0.1, 0.15) is 17.1 Å². The normalized spacial score (nSPS) is 11.3. The van der Waals surface area contributed by atoms with Gasteiger partial charge in [-0.2, -0.15) is 0 Å². The molecule has 1 N–H and O–H groups in total. The molecule has 0 atom stereocenters. The van der Waals surface area contributed by atoms with Crippen molar-refractivity contribution < 1.29 is 9.84 Å². The molecule has 0 unspecified atom stereocenters. The summed E-state index contributed by atoms with van der Waals surface area (Å²) >= 11 is 0. The molecule has 0 aliphatic rings. The molecular weight excluding hydrogens is 530 g/mol. The van der Waals surface area contributed by atoms with Gasteiger partial charge in [0.25, 0.3) is 0 Å². The largest absolute Gasteiger partial charge is 0.506 e. The molecule has 0 aliphatic heterocycles. The predicted molar refractivity (Wildman–Crippen MR) is 173 cm³/mol. The summed E-state index contributed by atoms with van der Waals surface area (Å²) in [5.41, 5.74) is 6.31. The molecular formula is C38H25N3O2. The Labute approximate surface area is 247 Å². The maximum absolute atomic E-state index is 10.7. The zero-order chi connectivity index (χ0) is 28.8. The maximum Gasteiger partial charge on any atom is 0.219 e. The first kappa shape index (κ1) is 24.8. The highest BCUT2D eigenvalue weighted by Gasteiger charge is 2.16. The first-order valence-corrected chi connectivity index (χ1v) is 14.1. The first-order chi connectivity index (χ1) is 21.2. The van der Waals surface area contributed by atoms with Crippen LogP contribution in [-0.2, 0) is 0 Å². The van der Waals surface area contributed by atoms with Crippen LogP contribution in [0.4, 0.5) is 0 Å². The number of ether oxygens (including phenoxy) is 1. The highest BCUT2D eigenvalue weighted by Crippen LogP contribution is 2.36. The monoisotopic (exact) mass is 555 g/mol. The molecule has 0 saturated heterocycles. The van der Waals surface area contributed by atoms with Gasteiger partial charge < -0.3 is 9.84 Å². The number of hydrogen-bond acceptors (Lipinski definition) is 4. The van der Waals surface area contributed by atoms with Gasteiger partial charge in [-0.3, -0.25) is 4.57 Å². The number of fused-ring (bicyclic) bond motifs is 4. The summed E-state index contributed by atoms with van der Waals surface area (Å²) in [4.78, 5) is 9.59. The number of nitrogens with zero attached hydrogens (tertiary/aromatic N) is 3. The summed E-state index contributed by atoms with van der Waals surface area (Å²) in [6.45, 7) is 0. The van der Waals surface area contributed by atoms with Crippen LogP contribution in [0.5, 0.6) is 17.4 Å². The highest BCUT2D eigenvalue weighted by molar-refractivity contribution is 6.08. The molecule has 5 heteroatoms. The fourth-order valence-electron chi connectivity index (χ4n) is 5.75. The molecule has 0 bridgehead atoms. The van der Waals surface area contributed by atoms with Crippen LogP contribution in [0.1, 0.15) is 0 Å². The smallest absolute Gasteiger partial charge is 0.219 e. The van der Waals surface area contributed by atoms with E-state index in [9.17, 15) is 5.11 Å². The van der Waals surface area contributed by atoms with Crippen LogP contribution in [0, 0.1) is 0 Å². The molecule has 5 nitrogen and oxygen atoms in total. The maximum atomic E-state index is 10.7. The minimum atomic E-state index is 0.200. The van der Waals surface area contributed by atoms with Crippen molar-refractivity contribution in [3.8, 4) is 45.5 Å². The van der Waals surface area contributed by atoms with E-state index in [2.05, 4.69) is 65.6 Å². The van der Waals surface area contributed by atoms with Gasteiger partial charge in [-0.15, -0.1) is 0 Å². The van der Waals surface area contributed by atoms with E-state index in [-0.39, 0.29) is 5.75 Å². The lowest BCUT2D eigenvalue weighted by Crippen LogP contribution is -1.97. The Morgan fingerprint density at radius 3 is 2.33 bits per heavy atom. The van der Waals surface area contributed by atoms with Crippen LogP contribution in [0.3, 0.4) is 0 Å². The number of hydrogen-bond donors (Lipinski definition) is 1. The Morgan fingerprint density at radius 2 is 1.40 bits per heavy atom. The molecule has 0 radical (unpaired) electrons. The van der Waals surface area contributed by atoms with E-state index in [4.69, 9.17) is 9.72 Å². The van der Waals surface area contributed by atoms with Gasteiger partial charge >= 0.3 is 0 Å². The molecule has 0 saturated carbocycles. The van der Waals surface area contributed by atoms with Crippen LogP contribution in [0.15, 0.2) is 146 Å². The van der Waals surface area contributed by atoms with Crippen LogP contribution < -0.4 is 4.74 Å². The molecule has 43 heavy (non-hydrogen) atoms. The average molecular weight is 556 g/mol. The third kappa shape index (κ3) is 4.44. The van der Waals surface area contributed by atoms with E-state index in [1.807, 2.05) is 77.4 Å². The number of rotatable bonds is 5. The number of phenols is 1. The van der Waals surface area contributed by atoms with Gasteiger partial charge in [0.05, 0.1) is 16.9 Å². The predicted octanol–water partition coefficient (Wildman–Crippen LogP) is 9.56. The van der Waals surface area contributed by atoms with Gasteiger partial charge in [0, 0.05) is 28.6 Å². The fraction of sp³-hybridized carbons (Fsp3) is 0. The second kappa shape index (κ2) is 10.2. The Balaban J connectivity index is 1.16. The van der Waals surface area contributed by atoms with E-state index in [0.29, 0.717) is 17.3 Å². The number of benzene rings is 5. The molecule has 0 amide bonds. The van der Waals surface area contributed by atoms with Crippen molar-refractivity contribution in [2.45, 2.75) is 0 Å². The minimum absolute atomic E-state index is 0.200. The van der Waals surface area contributed by atoms with Crippen LogP contribution in [-0.4, -0.2) is 19.6 Å². The minimum Gasteiger partial charge on any atom is -0.506 e. The fourth-order valence-corrected chi connectivity index (χ4v) is 5.75. The zero-order valence-electron chi connectivity index (χ0n) is 23.1. The molecule has 0 fully saturated rings. The molecule has 0 aliphatic carbocycles. The summed E-state index contributed by atoms with van der Waals surface area (Å²) in [7, 11) is 0. The van der Waals surface area contributed by atoms with Gasteiger partial charge in [0.15, 0.2) is 0 Å². The van der Waals surface area contributed by atoms with Crippen molar-refractivity contribution in [3.05, 3.63) is 146 Å². The van der Waals surface area contributed by atoms with E-state index in [1.165, 1.54) is 10.8 Å². The Hall–Kier alpha value is -5.94. The van der Waals surface area contributed by atoms with E-state index in [0.717, 1.165) is 44.3 Å². The topological polar surface area (TPSA) is 60.2 Å². The molecule has 3 aromatic heterocycles. The van der Waals surface area contributed by atoms with Crippen molar-refractivity contribution in [3.63, 3.8) is 0 Å². The number of aromatic nitrogens is 3. The Kier molecular flexibility index (Phi) is 5.86. The van der Waals surface area contributed by atoms with Crippen molar-refractivity contribution in [2.24, 2.45) is 0 Å². The van der Waals surface area contributed by atoms with Gasteiger partial charge in [-0.25, -0.2) is 9.97 Å². The first-order valence-electron chi connectivity index (χ1n) is 14.1. The lowest BCUT2D eigenvalue weighted by atomic mass is 10.0. The van der Waals surface area contributed by atoms with Gasteiger partial charge in [-0.1, -0.05) is 78.9 Å². The second-order valence-corrected chi connectivity index (χ2v) is 10.5. The summed E-state index contributed by atoms with van der Waals surface area (Å²) in [6, 6.07) is 46.3. The molecule has 3 heterocycles. The van der Waals surface area contributed by atoms with Crippen LogP contribution >= 0.6 is 0 Å². The Bertz CT molecular complexity index is 2300. The summed E-state index contributed by atoms with van der Waals surface area (Å²) in [5.74, 6) is 1.39. The quantitative estimate of drug-likeness (QED) is 0.230.